The highest BCUT2D eigenvalue weighted by atomic mass is 127. The summed E-state index contributed by atoms with van der Waals surface area (Å²) in [6.45, 7) is 2.62. The van der Waals surface area contributed by atoms with Gasteiger partial charge in [0.05, 0.1) is 22.3 Å². The number of halogens is 3. The second kappa shape index (κ2) is 13.6. The highest BCUT2D eigenvalue weighted by Gasteiger charge is 2.22. The molecule has 1 amide bonds. The van der Waals surface area contributed by atoms with Crippen molar-refractivity contribution in [2.45, 2.75) is 19.4 Å². The lowest BCUT2D eigenvalue weighted by atomic mass is 9.91. The number of ether oxygens (including phenoxy) is 2. The molecule has 194 valence electrons. The first-order valence-electron chi connectivity index (χ1n) is 11.9. The van der Waals surface area contributed by atoms with E-state index in [9.17, 15) is 4.79 Å². The van der Waals surface area contributed by atoms with Gasteiger partial charge in [-0.05, 0) is 70.5 Å². The van der Waals surface area contributed by atoms with E-state index >= 15 is 0 Å². The minimum Gasteiger partial charge on any atom is -0.490 e. The average Bonchev–Trinajstić information content (AvgIpc) is 2.91. The van der Waals surface area contributed by atoms with Crippen molar-refractivity contribution in [1.29, 1.82) is 0 Å². The molecule has 0 heterocycles. The molecular weight excluding hydrogens is 634 g/mol. The number of carbonyl (C=O) groups excluding carboxylic acids is 1. The summed E-state index contributed by atoms with van der Waals surface area (Å²) in [4.78, 5) is 13.2. The lowest BCUT2D eigenvalue weighted by Gasteiger charge is -2.16. The standard InChI is InChI=1S/C30H25Cl2IN2O3/c1-2-37-27-16-20(15-26(33)29(27)38-19-23-13-14-24(31)17-25(23)32)18-34-35-30(36)28(21-9-5-3-6-10-21)22-11-7-4-8-12-22/h3-18,28H,2,19H2,1H3,(H,35,36)/b34-18+. The van der Waals surface area contributed by atoms with Gasteiger partial charge in [0, 0.05) is 15.6 Å². The fourth-order valence-electron chi connectivity index (χ4n) is 3.88. The molecule has 5 nitrogen and oxygen atoms in total. The van der Waals surface area contributed by atoms with Crippen molar-refractivity contribution in [1.82, 2.24) is 5.43 Å². The highest BCUT2D eigenvalue weighted by Crippen LogP contribution is 2.35. The Morgan fingerprint density at radius 2 is 1.61 bits per heavy atom. The molecule has 0 saturated heterocycles. The Balaban J connectivity index is 1.51. The van der Waals surface area contributed by atoms with Gasteiger partial charge in [-0.1, -0.05) is 89.9 Å². The van der Waals surface area contributed by atoms with Gasteiger partial charge in [-0.3, -0.25) is 4.79 Å². The molecule has 0 aliphatic rings. The third-order valence-corrected chi connectivity index (χ3v) is 7.02. The first kappa shape index (κ1) is 28.0. The minimum absolute atomic E-state index is 0.224. The third kappa shape index (κ3) is 7.28. The molecule has 4 aromatic carbocycles. The first-order chi connectivity index (χ1) is 18.5. The molecule has 0 aliphatic heterocycles. The summed E-state index contributed by atoms with van der Waals surface area (Å²) in [6.07, 6.45) is 1.59. The maximum Gasteiger partial charge on any atom is 0.252 e. The Labute approximate surface area is 245 Å². The molecule has 0 aromatic heterocycles. The molecule has 0 bridgehead atoms. The van der Waals surface area contributed by atoms with E-state index in [1.165, 1.54) is 0 Å². The lowest BCUT2D eigenvalue weighted by Crippen LogP contribution is -2.26. The van der Waals surface area contributed by atoms with Gasteiger partial charge in [0.2, 0.25) is 0 Å². The molecule has 0 fully saturated rings. The van der Waals surface area contributed by atoms with E-state index in [4.69, 9.17) is 32.7 Å². The van der Waals surface area contributed by atoms with Crippen LogP contribution in [0.25, 0.3) is 0 Å². The van der Waals surface area contributed by atoms with Crippen LogP contribution in [0.2, 0.25) is 10.0 Å². The quantitative estimate of drug-likeness (QED) is 0.107. The number of carbonyl (C=O) groups is 1. The topological polar surface area (TPSA) is 59.9 Å². The number of hydrogen-bond donors (Lipinski definition) is 1. The second-order valence-corrected chi connectivity index (χ2v) is 10.3. The van der Waals surface area contributed by atoms with Crippen LogP contribution in [0.3, 0.4) is 0 Å². The van der Waals surface area contributed by atoms with Crippen molar-refractivity contribution in [2.24, 2.45) is 5.10 Å². The normalized spacial score (nSPS) is 11.1. The fraction of sp³-hybridized carbons (Fsp3) is 0.133. The molecule has 1 N–H and O–H groups in total. The molecule has 8 heteroatoms. The van der Waals surface area contributed by atoms with E-state index in [0.29, 0.717) is 28.2 Å². The molecule has 4 aromatic rings. The lowest BCUT2D eigenvalue weighted by molar-refractivity contribution is -0.121. The van der Waals surface area contributed by atoms with Crippen LogP contribution in [0, 0.1) is 3.57 Å². The zero-order chi connectivity index (χ0) is 26.9. The van der Waals surface area contributed by atoms with Crippen LogP contribution in [0.1, 0.15) is 35.1 Å². The van der Waals surface area contributed by atoms with Crippen LogP contribution >= 0.6 is 45.8 Å². The third-order valence-electron chi connectivity index (χ3n) is 5.64. The van der Waals surface area contributed by atoms with E-state index in [2.05, 4.69) is 33.1 Å². The van der Waals surface area contributed by atoms with E-state index in [0.717, 1.165) is 25.8 Å². The van der Waals surface area contributed by atoms with Gasteiger partial charge in [0.15, 0.2) is 11.5 Å². The van der Waals surface area contributed by atoms with Crippen molar-refractivity contribution in [3.05, 3.63) is 127 Å². The molecule has 4 rings (SSSR count). The summed E-state index contributed by atoms with van der Waals surface area (Å²) in [7, 11) is 0. The van der Waals surface area contributed by atoms with Gasteiger partial charge in [-0.25, -0.2) is 5.43 Å². The van der Waals surface area contributed by atoms with Crippen LogP contribution < -0.4 is 14.9 Å². The Hall–Kier alpha value is -3.07. The van der Waals surface area contributed by atoms with E-state index < -0.39 is 5.92 Å². The summed E-state index contributed by atoms with van der Waals surface area (Å²) in [5.74, 6) is 0.471. The number of nitrogens with one attached hydrogen (secondary N) is 1. The molecule has 0 aliphatic carbocycles. The number of amides is 1. The van der Waals surface area contributed by atoms with Crippen molar-refractivity contribution in [2.75, 3.05) is 6.61 Å². The van der Waals surface area contributed by atoms with Crippen LogP contribution in [0.5, 0.6) is 11.5 Å². The maximum absolute atomic E-state index is 13.2. The number of benzene rings is 4. The van der Waals surface area contributed by atoms with Crippen molar-refractivity contribution in [3.63, 3.8) is 0 Å². The van der Waals surface area contributed by atoms with Gasteiger partial charge in [-0.15, -0.1) is 0 Å². The van der Waals surface area contributed by atoms with E-state index in [1.54, 1.807) is 18.3 Å². The predicted octanol–water partition coefficient (Wildman–Crippen LogP) is 7.86. The average molecular weight is 659 g/mol. The summed E-state index contributed by atoms with van der Waals surface area (Å²) in [5.41, 5.74) is 6.05. The molecular formula is C30H25Cl2IN2O3. The van der Waals surface area contributed by atoms with Crippen LogP contribution in [-0.2, 0) is 11.4 Å². The Bertz CT molecular complexity index is 1380. The number of hydrogen-bond acceptors (Lipinski definition) is 4. The van der Waals surface area contributed by atoms with Crippen LogP contribution in [0.4, 0.5) is 0 Å². The van der Waals surface area contributed by atoms with Crippen molar-refractivity contribution in [3.8, 4) is 11.5 Å². The van der Waals surface area contributed by atoms with Gasteiger partial charge in [0.25, 0.3) is 5.91 Å². The molecule has 0 radical (unpaired) electrons. The molecule has 0 saturated carbocycles. The smallest absolute Gasteiger partial charge is 0.252 e. The number of hydrazone groups is 1. The Morgan fingerprint density at radius 3 is 2.21 bits per heavy atom. The van der Waals surface area contributed by atoms with Gasteiger partial charge >= 0.3 is 0 Å². The second-order valence-electron chi connectivity index (χ2n) is 8.28. The number of nitrogens with zero attached hydrogens (tertiary/aromatic N) is 1. The molecule has 0 unspecified atom stereocenters. The van der Waals surface area contributed by atoms with E-state index in [-0.39, 0.29) is 12.5 Å². The van der Waals surface area contributed by atoms with Gasteiger partial charge in [-0.2, -0.15) is 5.10 Å². The first-order valence-corrected chi connectivity index (χ1v) is 13.8. The van der Waals surface area contributed by atoms with Crippen molar-refractivity contribution < 1.29 is 14.3 Å². The molecule has 0 atom stereocenters. The molecule has 38 heavy (non-hydrogen) atoms. The predicted molar refractivity (Wildman–Crippen MR) is 162 cm³/mol. The van der Waals surface area contributed by atoms with Gasteiger partial charge in [0.1, 0.15) is 6.61 Å². The largest absolute Gasteiger partial charge is 0.490 e. The summed E-state index contributed by atoms with van der Waals surface area (Å²) < 4.78 is 12.8. The number of rotatable bonds is 10. The minimum atomic E-state index is -0.482. The maximum atomic E-state index is 13.2. The van der Waals surface area contributed by atoms with Gasteiger partial charge < -0.3 is 9.47 Å². The Kier molecular flexibility index (Phi) is 10.0. The zero-order valence-electron chi connectivity index (χ0n) is 20.5. The fourth-order valence-corrected chi connectivity index (χ4v) is 5.12. The monoisotopic (exact) mass is 658 g/mol. The van der Waals surface area contributed by atoms with Crippen LogP contribution in [0.15, 0.2) is 96.1 Å². The SMILES string of the molecule is CCOc1cc(/C=N/NC(=O)C(c2ccccc2)c2ccccc2)cc(I)c1OCc1ccc(Cl)cc1Cl. The zero-order valence-corrected chi connectivity index (χ0v) is 24.2. The summed E-state index contributed by atoms with van der Waals surface area (Å²) in [5, 5.41) is 5.35. The highest BCUT2D eigenvalue weighted by molar-refractivity contribution is 14.1. The summed E-state index contributed by atoms with van der Waals surface area (Å²) >= 11 is 14.5. The van der Waals surface area contributed by atoms with E-state index in [1.807, 2.05) is 85.8 Å². The molecule has 0 spiro atoms. The van der Waals surface area contributed by atoms with Crippen LogP contribution in [-0.4, -0.2) is 18.7 Å². The summed E-state index contributed by atoms with van der Waals surface area (Å²) in [6, 6.07) is 28.3. The Morgan fingerprint density at radius 1 is 0.947 bits per heavy atom. The van der Waals surface area contributed by atoms with Crippen molar-refractivity contribution >= 4 is 57.9 Å².